The zero-order chi connectivity index (χ0) is 12.0. The standard InChI is InChI=1S/C12H10BrFO2/c13-6-2-1-3-9-7-11(14)5-4-10(9)8-12(15)16/h4-5,7H,2,6,8H2,(H,15,16). The van der Waals surface area contributed by atoms with Gasteiger partial charge in [-0.3, -0.25) is 4.79 Å². The van der Waals surface area contributed by atoms with Gasteiger partial charge in [-0.05, 0) is 17.7 Å². The number of carbonyl (C=O) groups is 1. The molecule has 0 fully saturated rings. The first-order valence-corrected chi connectivity index (χ1v) is 5.80. The number of carboxylic acids is 1. The third-order valence-electron chi connectivity index (χ3n) is 1.86. The van der Waals surface area contributed by atoms with E-state index in [0.29, 0.717) is 17.5 Å². The van der Waals surface area contributed by atoms with Gasteiger partial charge in [0.2, 0.25) is 0 Å². The summed E-state index contributed by atoms with van der Waals surface area (Å²) in [6.07, 6.45) is 0.502. The lowest BCUT2D eigenvalue weighted by molar-refractivity contribution is -0.136. The van der Waals surface area contributed by atoms with E-state index in [9.17, 15) is 9.18 Å². The fourth-order valence-corrected chi connectivity index (χ4v) is 1.39. The van der Waals surface area contributed by atoms with E-state index in [1.54, 1.807) is 0 Å². The summed E-state index contributed by atoms with van der Waals surface area (Å²) in [7, 11) is 0. The van der Waals surface area contributed by atoms with Crippen LogP contribution in [0.1, 0.15) is 17.5 Å². The van der Waals surface area contributed by atoms with Gasteiger partial charge in [-0.25, -0.2) is 4.39 Å². The van der Waals surface area contributed by atoms with Gasteiger partial charge < -0.3 is 5.11 Å². The van der Waals surface area contributed by atoms with Crippen LogP contribution in [-0.4, -0.2) is 16.4 Å². The first-order valence-electron chi connectivity index (χ1n) is 4.68. The van der Waals surface area contributed by atoms with Gasteiger partial charge >= 0.3 is 5.97 Å². The van der Waals surface area contributed by atoms with Crippen LogP contribution in [0.3, 0.4) is 0 Å². The van der Waals surface area contributed by atoms with Crippen molar-refractivity contribution in [2.24, 2.45) is 0 Å². The Morgan fingerprint density at radius 3 is 2.88 bits per heavy atom. The van der Waals surface area contributed by atoms with E-state index >= 15 is 0 Å². The van der Waals surface area contributed by atoms with E-state index in [1.165, 1.54) is 18.2 Å². The number of rotatable bonds is 3. The minimum absolute atomic E-state index is 0.140. The largest absolute Gasteiger partial charge is 0.481 e. The highest BCUT2D eigenvalue weighted by atomic mass is 79.9. The van der Waals surface area contributed by atoms with E-state index in [1.807, 2.05) is 0 Å². The molecule has 0 saturated carbocycles. The molecule has 2 nitrogen and oxygen atoms in total. The van der Waals surface area contributed by atoms with Crippen molar-refractivity contribution in [3.05, 3.63) is 35.1 Å². The van der Waals surface area contributed by atoms with Crippen LogP contribution in [0.2, 0.25) is 0 Å². The van der Waals surface area contributed by atoms with Gasteiger partial charge in [-0.1, -0.05) is 33.8 Å². The second-order valence-corrected chi connectivity index (χ2v) is 3.91. The van der Waals surface area contributed by atoms with Crippen molar-refractivity contribution in [3.8, 4) is 11.8 Å². The van der Waals surface area contributed by atoms with Crippen LogP contribution >= 0.6 is 15.9 Å². The summed E-state index contributed by atoms with van der Waals surface area (Å²) in [5, 5.41) is 9.42. The maximum Gasteiger partial charge on any atom is 0.307 e. The van der Waals surface area contributed by atoms with Gasteiger partial charge in [0.05, 0.1) is 6.42 Å². The Hall–Kier alpha value is -1.34. The number of benzene rings is 1. The average Bonchev–Trinajstić information content (AvgIpc) is 2.22. The molecule has 0 aromatic heterocycles. The zero-order valence-electron chi connectivity index (χ0n) is 8.46. The Morgan fingerprint density at radius 2 is 2.25 bits per heavy atom. The highest BCUT2D eigenvalue weighted by molar-refractivity contribution is 9.09. The molecule has 1 rings (SSSR count). The van der Waals surface area contributed by atoms with Crippen molar-refractivity contribution in [3.63, 3.8) is 0 Å². The van der Waals surface area contributed by atoms with Crippen molar-refractivity contribution in [1.82, 2.24) is 0 Å². The Labute approximate surface area is 102 Å². The van der Waals surface area contributed by atoms with Crippen LogP contribution in [0.25, 0.3) is 0 Å². The Morgan fingerprint density at radius 1 is 1.50 bits per heavy atom. The molecule has 4 heteroatoms. The number of hydrogen-bond acceptors (Lipinski definition) is 1. The van der Waals surface area contributed by atoms with Gasteiger partial charge in [0.1, 0.15) is 5.82 Å². The summed E-state index contributed by atoms with van der Waals surface area (Å²) >= 11 is 3.23. The lowest BCUT2D eigenvalue weighted by atomic mass is 10.0. The SMILES string of the molecule is O=C(O)Cc1ccc(F)cc1C#CCCBr. The van der Waals surface area contributed by atoms with E-state index < -0.39 is 11.8 Å². The van der Waals surface area contributed by atoms with Crippen molar-refractivity contribution < 1.29 is 14.3 Å². The molecular formula is C12H10BrFO2. The van der Waals surface area contributed by atoms with Crippen LogP contribution in [0, 0.1) is 17.7 Å². The monoisotopic (exact) mass is 284 g/mol. The third-order valence-corrected chi connectivity index (χ3v) is 2.25. The normalized spacial score (nSPS) is 9.38. The van der Waals surface area contributed by atoms with Crippen molar-refractivity contribution >= 4 is 21.9 Å². The fraction of sp³-hybridized carbons (Fsp3) is 0.250. The molecular weight excluding hydrogens is 275 g/mol. The molecule has 1 aromatic carbocycles. The molecule has 0 atom stereocenters. The van der Waals surface area contributed by atoms with Gasteiger partial charge in [0.15, 0.2) is 0 Å². The molecule has 0 aliphatic heterocycles. The Kier molecular flexibility index (Phi) is 5.00. The summed E-state index contributed by atoms with van der Waals surface area (Å²) in [6.45, 7) is 0. The third kappa shape index (κ3) is 4.03. The molecule has 0 radical (unpaired) electrons. The van der Waals surface area contributed by atoms with E-state index in [-0.39, 0.29) is 6.42 Å². The first-order chi connectivity index (χ1) is 7.63. The predicted octanol–water partition coefficient (Wildman–Crippen LogP) is 2.59. The van der Waals surface area contributed by atoms with E-state index in [2.05, 4.69) is 27.8 Å². The van der Waals surface area contributed by atoms with Gasteiger partial charge in [-0.2, -0.15) is 0 Å². The van der Waals surface area contributed by atoms with E-state index in [4.69, 9.17) is 5.11 Å². The smallest absolute Gasteiger partial charge is 0.307 e. The number of alkyl halides is 1. The van der Waals surface area contributed by atoms with Crippen LogP contribution in [0.5, 0.6) is 0 Å². The van der Waals surface area contributed by atoms with Gasteiger partial charge in [0.25, 0.3) is 0 Å². The quantitative estimate of drug-likeness (QED) is 0.684. The zero-order valence-corrected chi connectivity index (χ0v) is 10.1. The van der Waals surface area contributed by atoms with Crippen LogP contribution in [-0.2, 0) is 11.2 Å². The van der Waals surface area contributed by atoms with Gasteiger partial charge in [-0.15, -0.1) is 0 Å². The molecule has 1 aromatic rings. The second kappa shape index (κ2) is 6.29. The molecule has 1 N–H and O–H groups in total. The van der Waals surface area contributed by atoms with Crippen molar-refractivity contribution in [1.29, 1.82) is 0 Å². The van der Waals surface area contributed by atoms with Gasteiger partial charge in [0, 0.05) is 17.3 Å². The first kappa shape index (κ1) is 12.7. The van der Waals surface area contributed by atoms with Crippen molar-refractivity contribution in [2.45, 2.75) is 12.8 Å². The summed E-state index contributed by atoms with van der Waals surface area (Å²) in [5.74, 6) is 4.26. The fourth-order valence-electron chi connectivity index (χ4n) is 1.19. The Bertz CT molecular complexity index is 446. The lowest BCUT2D eigenvalue weighted by Gasteiger charge is -2.01. The summed E-state index contributed by atoms with van der Waals surface area (Å²) < 4.78 is 13.0. The van der Waals surface area contributed by atoms with Crippen molar-refractivity contribution in [2.75, 3.05) is 5.33 Å². The second-order valence-electron chi connectivity index (χ2n) is 3.11. The molecule has 0 heterocycles. The average molecular weight is 285 g/mol. The molecule has 0 bridgehead atoms. The minimum Gasteiger partial charge on any atom is -0.481 e. The number of aliphatic carboxylic acids is 1. The van der Waals surface area contributed by atoms with Crippen LogP contribution in [0.4, 0.5) is 4.39 Å². The van der Waals surface area contributed by atoms with Crippen LogP contribution < -0.4 is 0 Å². The molecule has 16 heavy (non-hydrogen) atoms. The predicted molar refractivity (Wildman–Crippen MR) is 63.0 cm³/mol. The summed E-state index contributed by atoms with van der Waals surface area (Å²) in [6, 6.07) is 3.97. The molecule has 0 saturated heterocycles. The van der Waals surface area contributed by atoms with Crippen LogP contribution in [0.15, 0.2) is 18.2 Å². The lowest BCUT2D eigenvalue weighted by Crippen LogP contribution is -2.02. The molecule has 0 aliphatic carbocycles. The molecule has 0 amide bonds. The minimum atomic E-state index is -0.949. The highest BCUT2D eigenvalue weighted by Crippen LogP contribution is 2.11. The maximum absolute atomic E-state index is 13.0. The molecule has 0 unspecified atom stereocenters. The number of carboxylic acid groups (broad SMARTS) is 1. The number of hydrogen-bond donors (Lipinski definition) is 1. The number of halogens is 2. The molecule has 0 spiro atoms. The topological polar surface area (TPSA) is 37.3 Å². The summed E-state index contributed by atoms with van der Waals surface area (Å²) in [5.41, 5.74) is 0.985. The molecule has 84 valence electrons. The van der Waals surface area contributed by atoms with E-state index in [0.717, 1.165) is 5.33 Å². The highest BCUT2D eigenvalue weighted by Gasteiger charge is 2.06. The Balaban J connectivity index is 2.99. The maximum atomic E-state index is 13.0. The molecule has 0 aliphatic rings. The summed E-state index contributed by atoms with van der Waals surface area (Å²) in [4.78, 5) is 10.6.